The average Bonchev–Trinajstić information content (AvgIpc) is 2.93. The lowest BCUT2D eigenvalue weighted by molar-refractivity contribution is 0.738. The molecule has 122 valence electrons. The van der Waals surface area contributed by atoms with Crippen molar-refractivity contribution < 1.29 is 0 Å². The SMILES string of the molecule is CCc1nc2cc(Cl)c(Cl)cc2n1-c1ccc(CC(C)C#N)cc1. The van der Waals surface area contributed by atoms with Gasteiger partial charge in [0.15, 0.2) is 0 Å². The van der Waals surface area contributed by atoms with E-state index in [1.54, 1.807) is 6.07 Å². The summed E-state index contributed by atoms with van der Waals surface area (Å²) in [6.45, 7) is 4.00. The fraction of sp³-hybridized carbons (Fsp3) is 0.263. The second-order valence-corrected chi connectivity index (χ2v) is 6.69. The van der Waals surface area contributed by atoms with Gasteiger partial charge in [-0.05, 0) is 43.2 Å². The van der Waals surface area contributed by atoms with Gasteiger partial charge in [-0.3, -0.25) is 4.57 Å². The first kappa shape index (κ1) is 16.8. The standard InChI is InChI=1S/C19H17Cl2N3/c1-3-19-23-17-9-15(20)16(21)10-18(17)24(19)14-6-4-13(5-7-14)8-12(2)11-22/h4-7,9-10,12H,3,8H2,1-2H3. The highest BCUT2D eigenvalue weighted by molar-refractivity contribution is 6.42. The van der Waals surface area contributed by atoms with Crippen LogP contribution in [0.3, 0.4) is 0 Å². The topological polar surface area (TPSA) is 41.6 Å². The lowest BCUT2D eigenvalue weighted by atomic mass is 10.0. The molecule has 3 nitrogen and oxygen atoms in total. The van der Waals surface area contributed by atoms with Crippen LogP contribution in [-0.2, 0) is 12.8 Å². The number of aryl methyl sites for hydroxylation is 1. The van der Waals surface area contributed by atoms with Crippen LogP contribution in [0.2, 0.25) is 10.0 Å². The van der Waals surface area contributed by atoms with Gasteiger partial charge in [-0.15, -0.1) is 0 Å². The molecule has 0 N–H and O–H groups in total. The summed E-state index contributed by atoms with van der Waals surface area (Å²) in [7, 11) is 0. The van der Waals surface area contributed by atoms with Crippen molar-refractivity contribution in [2.24, 2.45) is 5.92 Å². The summed E-state index contributed by atoms with van der Waals surface area (Å²) in [6, 6.07) is 14.2. The molecule has 1 unspecified atom stereocenters. The second-order valence-electron chi connectivity index (χ2n) is 5.87. The van der Waals surface area contributed by atoms with Crippen LogP contribution in [0.4, 0.5) is 0 Å². The van der Waals surface area contributed by atoms with E-state index in [1.807, 2.05) is 13.0 Å². The second kappa shape index (κ2) is 6.84. The van der Waals surface area contributed by atoms with Gasteiger partial charge < -0.3 is 0 Å². The van der Waals surface area contributed by atoms with E-state index >= 15 is 0 Å². The molecule has 0 aliphatic heterocycles. The van der Waals surface area contributed by atoms with Crippen LogP contribution in [0.5, 0.6) is 0 Å². The largest absolute Gasteiger partial charge is 0.296 e. The summed E-state index contributed by atoms with van der Waals surface area (Å²) in [5.41, 5.74) is 3.96. The van der Waals surface area contributed by atoms with Gasteiger partial charge in [0, 0.05) is 18.0 Å². The summed E-state index contributed by atoms with van der Waals surface area (Å²) in [5, 5.41) is 9.98. The molecule has 5 heteroatoms. The number of halogens is 2. The highest BCUT2D eigenvalue weighted by atomic mass is 35.5. The van der Waals surface area contributed by atoms with Gasteiger partial charge in [-0.2, -0.15) is 5.26 Å². The predicted molar refractivity (Wildman–Crippen MR) is 98.9 cm³/mol. The lowest BCUT2D eigenvalue weighted by Crippen LogP contribution is -2.01. The van der Waals surface area contributed by atoms with Crippen LogP contribution in [0.25, 0.3) is 16.7 Å². The van der Waals surface area contributed by atoms with E-state index in [0.717, 1.165) is 41.0 Å². The van der Waals surface area contributed by atoms with Crippen molar-refractivity contribution in [2.75, 3.05) is 0 Å². The smallest absolute Gasteiger partial charge is 0.114 e. The van der Waals surface area contributed by atoms with E-state index in [0.29, 0.717) is 10.0 Å². The minimum absolute atomic E-state index is 0.0112. The summed E-state index contributed by atoms with van der Waals surface area (Å²) in [4.78, 5) is 4.67. The molecule has 1 atom stereocenters. The zero-order chi connectivity index (χ0) is 17.3. The highest BCUT2D eigenvalue weighted by Gasteiger charge is 2.13. The van der Waals surface area contributed by atoms with Crippen LogP contribution < -0.4 is 0 Å². The molecular weight excluding hydrogens is 341 g/mol. The van der Waals surface area contributed by atoms with E-state index in [2.05, 4.69) is 46.8 Å². The Morgan fingerprint density at radius 1 is 1.17 bits per heavy atom. The van der Waals surface area contributed by atoms with Crippen molar-refractivity contribution in [3.63, 3.8) is 0 Å². The van der Waals surface area contributed by atoms with Crippen LogP contribution in [0.15, 0.2) is 36.4 Å². The fourth-order valence-electron chi connectivity index (χ4n) is 2.83. The van der Waals surface area contributed by atoms with E-state index in [1.165, 1.54) is 0 Å². The van der Waals surface area contributed by atoms with E-state index in [9.17, 15) is 0 Å². The van der Waals surface area contributed by atoms with Gasteiger partial charge in [-0.25, -0.2) is 4.98 Å². The van der Waals surface area contributed by atoms with E-state index < -0.39 is 0 Å². The Balaban J connectivity index is 2.08. The molecule has 0 aliphatic rings. The van der Waals surface area contributed by atoms with Crippen molar-refractivity contribution in [1.82, 2.24) is 9.55 Å². The number of hydrogen-bond donors (Lipinski definition) is 0. The van der Waals surface area contributed by atoms with E-state index in [-0.39, 0.29) is 5.92 Å². The van der Waals surface area contributed by atoms with Gasteiger partial charge in [0.25, 0.3) is 0 Å². The van der Waals surface area contributed by atoms with Gasteiger partial charge in [0.1, 0.15) is 5.82 Å². The van der Waals surface area contributed by atoms with Crippen LogP contribution >= 0.6 is 23.2 Å². The Morgan fingerprint density at radius 3 is 2.46 bits per heavy atom. The maximum absolute atomic E-state index is 8.95. The summed E-state index contributed by atoms with van der Waals surface area (Å²) < 4.78 is 2.11. The predicted octanol–water partition coefficient (Wildman–Crippen LogP) is 5.60. The van der Waals surface area contributed by atoms with Crippen molar-refractivity contribution in [3.8, 4) is 11.8 Å². The average molecular weight is 358 g/mol. The minimum Gasteiger partial charge on any atom is -0.296 e. The number of benzene rings is 2. The first-order valence-electron chi connectivity index (χ1n) is 7.88. The highest BCUT2D eigenvalue weighted by Crippen LogP contribution is 2.30. The lowest BCUT2D eigenvalue weighted by Gasteiger charge is -2.10. The molecule has 3 aromatic rings. The third kappa shape index (κ3) is 3.13. The number of aromatic nitrogens is 2. The third-order valence-corrected chi connectivity index (χ3v) is 4.76. The number of hydrogen-bond acceptors (Lipinski definition) is 2. The van der Waals surface area contributed by atoms with Crippen molar-refractivity contribution in [2.45, 2.75) is 26.7 Å². The molecule has 24 heavy (non-hydrogen) atoms. The molecule has 0 amide bonds. The maximum Gasteiger partial charge on any atom is 0.114 e. The Morgan fingerprint density at radius 2 is 1.83 bits per heavy atom. The molecule has 0 saturated heterocycles. The Kier molecular flexibility index (Phi) is 4.80. The van der Waals surface area contributed by atoms with Crippen molar-refractivity contribution >= 4 is 34.2 Å². The number of rotatable bonds is 4. The van der Waals surface area contributed by atoms with Gasteiger partial charge in [0.05, 0.1) is 27.1 Å². The molecule has 0 spiro atoms. The van der Waals surface area contributed by atoms with Crippen molar-refractivity contribution in [1.29, 1.82) is 5.26 Å². The number of imidazole rings is 1. The molecular formula is C19H17Cl2N3. The molecule has 1 aromatic heterocycles. The van der Waals surface area contributed by atoms with Crippen LogP contribution in [-0.4, -0.2) is 9.55 Å². The van der Waals surface area contributed by atoms with Gasteiger partial charge in [-0.1, -0.05) is 42.3 Å². The summed E-state index contributed by atoms with van der Waals surface area (Å²) in [5.74, 6) is 0.971. The zero-order valence-electron chi connectivity index (χ0n) is 13.6. The Bertz CT molecular complexity index is 920. The minimum atomic E-state index is 0.0112. The Hall–Kier alpha value is -2.02. The molecule has 3 rings (SSSR count). The molecule has 0 saturated carbocycles. The number of nitrogens with zero attached hydrogens (tertiary/aromatic N) is 3. The monoisotopic (exact) mass is 357 g/mol. The van der Waals surface area contributed by atoms with E-state index in [4.69, 9.17) is 28.5 Å². The third-order valence-electron chi connectivity index (χ3n) is 4.04. The molecule has 1 heterocycles. The Labute approximate surface area is 151 Å². The fourth-order valence-corrected chi connectivity index (χ4v) is 3.14. The summed E-state index contributed by atoms with van der Waals surface area (Å²) in [6.07, 6.45) is 1.56. The molecule has 0 radical (unpaired) electrons. The van der Waals surface area contributed by atoms with Gasteiger partial charge in [0.2, 0.25) is 0 Å². The molecule has 0 aliphatic carbocycles. The maximum atomic E-state index is 8.95. The molecule has 0 fully saturated rings. The van der Waals surface area contributed by atoms with Gasteiger partial charge >= 0.3 is 0 Å². The number of nitriles is 1. The first-order valence-corrected chi connectivity index (χ1v) is 8.64. The quantitative estimate of drug-likeness (QED) is 0.609. The molecule has 2 aromatic carbocycles. The number of fused-ring (bicyclic) bond motifs is 1. The zero-order valence-corrected chi connectivity index (χ0v) is 15.1. The molecule has 0 bridgehead atoms. The first-order chi connectivity index (χ1) is 11.5. The van der Waals surface area contributed by atoms with Crippen molar-refractivity contribution in [3.05, 3.63) is 57.8 Å². The normalized spacial score (nSPS) is 12.3. The van der Waals surface area contributed by atoms with Crippen LogP contribution in [0.1, 0.15) is 25.2 Å². The summed E-state index contributed by atoms with van der Waals surface area (Å²) >= 11 is 12.3. The van der Waals surface area contributed by atoms with Crippen LogP contribution in [0, 0.1) is 17.2 Å².